The van der Waals surface area contributed by atoms with Crippen molar-refractivity contribution in [2.75, 3.05) is 19.8 Å². The summed E-state index contributed by atoms with van der Waals surface area (Å²) in [5.74, 6) is -0.259. The van der Waals surface area contributed by atoms with E-state index in [2.05, 4.69) is 67.8 Å². The lowest BCUT2D eigenvalue weighted by molar-refractivity contribution is -0.359. The highest BCUT2D eigenvalue weighted by Gasteiger charge is 2.51. The van der Waals surface area contributed by atoms with Crippen LogP contribution in [-0.2, 0) is 23.7 Å². The Labute approximate surface area is 447 Å². The van der Waals surface area contributed by atoms with Crippen LogP contribution in [0.4, 0.5) is 0 Å². The number of ether oxygens (including phenoxy) is 4. The van der Waals surface area contributed by atoms with E-state index in [0.29, 0.717) is 12.8 Å². The second kappa shape index (κ2) is 45.7. The largest absolute Gasteiger partial charge is 0.394 e. The Morgan fingerprint density at radius 3 is 1.41 bits per heavy atom. The number of hydrogen-bond acceptors (Lipinski definition) is 13. The molecule has 14 heteroatoms. The van der Waals surface area contributed by atoms with Crippen molar-refractivity contribution < 1.29 is 64.6 Å². The number of unbranched alkanes of at least 4 members (excludes halogenated alkanes) is 25. The molecule has 1 amide bonds. The summed E-state index contributed by atoms with van der Waals surface area (Å²) in [4.78, 5) is 13.2. The molecule has 0 aromatic carbocycles. The number of rotatable bonds is 46. The van der Waals surface area contributed by atoms with Crippen molar-refractivity contribution in [3.8, 4) is 0 Å². The van der Waals surface area contributed by atoms with Gasteiger partial charge < -0.3 is 65.1 Å². The molecule has 2 aliphatic rings. The van der Waals surface area contributed by atoms with Crippen LogP contribution in [0.3, 0.4) is 0 Å². The van der Waals surface area contributed by atoms with Crippen molar-refractivity contribution in [3.05, 3.63) is 60.8 Å². The van der Waals surface area contributed by atoms with Crippen molar-refractivity contribution >= 4 is 5.91 Å². The summed E-state index contributed by atoms with van der Waals surface area (Å²) in [6.07, 6.45) is 41.1. The maximum atomic E-state index is 13.2. The summed E-state index contributed by atoms with van der Waals surface area (Å²) in [6.45, 7) is 2.76. The van der Waals surface area contributed by atoms with Gasteiger partial charge in [0.2, 0.25) is 5.91 Å². The maximum Gasteiger partial charge on any atom is 0.220 e. The molecule has 2 aliphatic heterocycles. The normalized spacial score (nSPS) is 25.6. The fraction of sp³-hybridized carbons (Fsp3) is 0.817. The molecule has 9 N–H and O–H groups in total. The summed E-state index contributed by atoms with van der Waals surface area (Å²) in [5, 5.41) is 87.0. The van der Waals surface area contributed by atoms with Crippen LogP contribution in [0.15, 0.2) is 60.8 Å². The average Bonchev–Trinajstić information content (AvgIpc) is 3.40. The number of aliphatic hydroxyl groups is 8. The molecule has 0 bridgehead atoms. The van der Waals surface area contributed by atoms with Crippen molar-refractivity contribution in [2.24, 2.45) is 0 Å². The molecule has 430 valence electrons. The first kappa shape index (κ1) is 67.8. The Bertz CT molecular complexity index is 1470. The molecular weight excluding hydrogens is 943 g/mol. The van der Waals surface area contributed by atoms with Crippen molar-refractivity contribution in [2.45, 2.75) is 293 Å². The first-order valence-electron chi connectivity index (χ1n) is 29.5. The number of hydrogen-bond donors (Lipinski definition) is 9. The zero-order valence-corrected chi connectivity index (χ0v) is 46.1. The monoisotopic (exact) mass is 1050 g/mol. The molecular formula is C60H107NO13. The van der Waals surface area contributed by atoms with Crippen LogP contribution in [0, 0.1) is 0 Å². The molecule has 12 unspecified atom stereocenters. The first-order valence-corrected chi connectivity index (χ1v) is 29.5. The summed E-state index contributed by atoms with van der Waals surface area (Å²) in [7, 11) is 0. The second-order valence-corrected chi connectivity index (χ2v) is 20.7. The van der Waals surface area contributed by atoms with E-state index < -0.39 is 86.8 Å². The minimum atomic E-state index is -1.79. The lowest BCUT2D eigenvalue weighted by Crippen LogP contribution is -2.65. The minimum absolute atomic E-state index is 0.259. The molecule has 0 aromatic rings. The van der Waals surface area contributed by atoms with E-state index in [1.165, 1.54) is 128 Å². The van der Waals surface area contributed by atoms with Gasteiger partial charge in [-0.05, 0) is 77.0 Å². The van der Waals surface area contributed by atoms with E-state index in [9.17, 15) is 45.6 Å². The third kappa shape index (κ3) is 31.2. The van der Waals surface area contributed by atoms with Gasteiger partial charge >= 0.3 is 0 Å². The Morgan fingerprint density at radius 1 is 0.486 bits per heavy atom. The average molecular weight is 1050 g/mol. The predicted molar refractivity (Wildman–Crippen MR) is 295 cm³/mol. The van der Waals surface area contributed by atoms with Gasteiger partial charge in [0.05, 0.1) is 32.0 Å². The molecule has 14 nitrogen and oxygen atoms in total. The van der Waals surface area contributed by atoms with Gasteiger partial charge in [-0.15, -0.1) is 0 Å². The van der Waals surface area contributed by atoms with Crippen molar-refractivity contribution in [1.82, 2.24) is 5.32 Å². The van der Waals surface area contributed by atoms with E-state index in [-0.39, 0.29) is 18.9 Å². The second-order valence-electron chi connectivity index (χ2n) is 20.7. The van der Waals surface area contributed by atoms with Gasteiger partial charge in [0.1, 0.15) is 48.8 Å². The number of aliphatic hydroxyl groups excluding tert-OH is 8. The highest BCUT2D eigenvalue weighted by Crippen LogP contribution is 2.30. The molecule has 0 saturated carbocycles. The van der Waals surface area contributed by atoms with Crippen LogP contribution in [0.5, 0.6) is 0 Å². The first-order chi connectivity index (χ1) is 36.1. The smallest absolute Gasteiger partial charge is 0.220 e. The van der Waals surface area contributed by atoms with Gasteiger partial charge in [-0.1, -0.05) is 197 Å². The quantitative estimate of drug-likeness (QED) is 0.0205. The van der Waals surface area contributed by atoms with Crippen LogP contribution >= 0.6 is 0 Å². The molecule has 2 saturated heterocycles. The molecule has 0 spiro atoms. The maximum absolute atomic E-state index is 13.2. The van der Waals surface area contributed by atoms with Gasteiger partial charge in [-0.3, -0.25) is 4.79 Å². The molecule has 0 aromatic heterocycles. The fourth-order valence-electron chi connectivity index (χ4n) is 9.35. The van der Waals surface area contributed by atoms with E-state index in [1.54, 1.807) is 6.08 Å². The highest BCUT2D eigenvalue weighted by atomic mass is 16.7. The lowest BCUT2D eigenvalue weighted by atomic mass is 9.97. The number of amides is 1. The van der Waals surface area contributed by atoms with E-state index in [4.69, 9.17) is 18.9 Å². The molecule has 0 aliphatic carbocycles. The summed E-state index contributed by atoms with van der Waals surface area (Å²) in [5.41, 5.74) is 0. The predicted octanol–water partition coefficient (Wildman–Crippen LogP) is 9.78. The number of allylic oxidation sites excluding steroid dienone is 9. The molecule has 74 heavy (non-hydrogen) atoms. The van der Waals surface area contributed by atoms with E-state index >= 15 is 0 Å². The third-order valence-corrected chi connectivity index (χ3v) is 14.2. The van der Waals surface area contributed by atoms with Gasteiger partial charge in [0.25, 0.3) is 0 Å². The number of carbonyl (C=O) groups is 1. The van der Waals surface area contributed by atoms with Gasteiger partial charge in [-0.25, -0.2) is 0 Å². The van der Waals surface area contributed by atoms with E-state index in [0.717, 1.165) is 57.8 Å². The SMILES string of the molecule is CCCCCCC/C=C\C/C=C\CCCCCCCCCCCC(=O)NC(COC1OC(CO)C(OC2OC(CO)C(O)C(O)C2O)C(O)C1O)C(O)/C=C/CC/C=C/CC/C=C/CCCCCCCCCCC. The number of carbonyl (C=O) groups excluding carboxylic acids is 1. The van der Waals surface area contributed by atoms with Crippen LogP contribution in [0.25, 0.3) is 0 Å². The standard InChI is InChI=1S/C60H107NO13/c1-3-5-7-9-11-13-15-17-19-21-23-24-26-28-30-32-34-36-38-40-42-44-52(65)61-48(49(64)43-41-39-37-35-33-31-29-27-25-22-20-18-16-14-12-10-8-6-4-2)47-71-59-57(70)55(68)58(51(46-63)73-59)74-60-56(69)54(67)53(66)50(45-62)72-60/h15,17,21,23,25,27,33,35,41,43,48-51,53-60,62-64,66-70H,3-14,16,18-20,22,24,26,28-32,34,36-40,42,44-47H2,1-2H3,(H,61,65)/b17-15-,23-21-,27-25+,35-33+,43-41+. The minimum Gasteiger partial charge on any atom is -0.394 e. The third-order valence-electron chi connectivity index (χ3n) is 14.2. The Morgan fingerprint density at radius 2 is 0.905 bits per heavy atom. The number of nitrogens with one attached hydrogen (secondary N) is 1. The van der Waals surface area contributed by atoms with Crippen LogP contribution in [0.2, 0.25) is 0 Å². The Balaban J connectivity index is 1.81. The summed E-state index contributed by atoms with van der Waals surface area (Å²) >= 11 is 0. The summed E-state index contributed by atoms with van der Waals surface area (Å²) in [6, 6.07) is -0.942. The van der Waals surface area contributed by atoms with Crippen molar-refractivity contribution in [1.29, 1.82) is 0 Å². The Hall–Kier alpha value is -2.31. The zero-order chi connectivity index (χ0) is 53.9. The van der Waals surface area contributed by atoms with Crippen LogP contribution < -0.4 is 5.32 Å². The van der Waals surface area contributed by atoms with Gasteiger partial charge in [0, 0.05) is 6.42 Å². The van der Waals surface area contributed by atoms with E-state index in [1.807, 2.05) is 6.08 Å². The molecule has 2 rings (SSSR count). The van der Waals surface area contributed by atoms with Crippen LogP contribution in [-0.4, -0.2) is 140 Å². The molecule has 0 radical (unpaired) electrons. The van der Waals surface area contributed by atoms with Gasteiger partial charge in [-0.2, -0.15) is 0 Å². The van der Waals surface area contributed by atoms with Crippen LogP contribution in [0.1, 0.15) is 219 Å². The topological polar surface area (TPSA) is 228 Å². The lowest BCUT2D eigenvalue weighted by Gasteiger charge is -2.46. The zero-order valence-electron chi connectivity index (χ0n) is 46.1. The van der Waals surface area contributed by atoms with Crippen molar-refractivity contribution in [3.63, 3.8) is 0 Å². The highest BCUT2D eigenvalue weighted by molar-refractivity contribution is 5.76. The summed E-state index contributed by atoms with van der Waals surface area (Å²) < 4.78 is 22.7. The Kier molecular flexibility index (Phi) is 41.9. The molecule has 2 fully saturated rings. The fourth-order valence-corrected chi connectivity index (χ4v) is 9.35. The van der Waals surface area contributed by atoms with Gasteiger partial charge in [0.15, 0.2) is 12.6 Å². The molecule has 12 atom stereocenters. The molecule has 2 heterocycles.